The standard InChI is InChI=1S/C16H24Cl2N2O/c1-5-8-16(4,19)15(21)20(11(2)3)10-12-6-7-13(17)14(18)9-12/h6-7,9,11H,5,8,10,19H2,1-4H3. The van der Waals surface area contributed by atoms with Crippen molar-refractivity contribution in [3.05, 3.63) is 33.8 Å². The van der Waals surface area contributed by atoms with E-state index in [1.54, 1.807) is 24.0 Å². The van der Waals surface area contributed by atoms with Gasteiger partial charge in [0, 0.05) is 12.6 Å². The maximum atomic E-state index is 12.7. The molecule has 0 aliphatic rings. The largest absolute Gasteiger partial charge is 0.334 e. The first-order chi connectivity index (χ1) is 9.69. The van der Waals surface area contributed by atoms with E-state index in [0.717, 1.165) is 12.0 Å². The summed E-state index contributed by atoms with van der Waals surface area (Å²) in [7, 11) is 0. The van der Waals surface area contributed by atoms with E-state index in [1.807, 2.05) is 26.8 Å². The van der Waals surface area contributed by atoms with Crippen molar-refractivity contribution in [1.82, 2.24) is 4.90 Å². The molecular weight excluding hydrogens is 307 g/mol. The third kappa shape index (κ3) is 4.87. The van der Waals surface area contributed by atoms with Gasteiger partial charge in [-0.1, -0.05) is 42.6 Å². The van der Waals surface area contributed by atoms with Crippen LogP contribution in [-0.4, -0.2) is 22.4 Å². The van der Waals surface area contributed by atoms with Crippen molar-refractivity contribution in [3.63, 3.8) is 0 Å². The highest BCUT2D eigenvalue weighted by molar-refractivity contribution is 6.42. The molecule has 1 atom stereocenters. The van der Waals surface area contributed by atoms with Gasteiger partial charge < -0.3 is 10.6 Å². The van der Waals surface area contributed by atoms with Gasteiger partial charge in [0.05, 0.1) is 15.6 Å². The molecule has 2 N–H and O–H groups in total. The molecule has 0 bridgehead atoms. The van der Waals surface area contributed by atoms with Gasteiger partial charge >= 0.3 is 0 Å². The molecular formula is C16H24Cl2N2O. The lowest BCUT2D eigenvalue weighted by molar-refractivity contribution is -0.139. The summed E-state index contributed by atoms with van der Waals surface area (Å²) in [5.74, 6) is -0.0366. The molecule has 0 aromatic heterocycles. The molecule has 0 heterocycles. The fraction of sp³-hybridized carbons (Fsp3) is 0.562. The highest BCUT2D eigenvalue weighted by Crippen LogP contribution is 2.24. The second kappa shape index (κ2) is 7.48. The second-order valence-corrected chi connectivity index (χ2v) is 6.76. The van der Waals surface area contributed by atoms with Crippen molar-refractivity contribution in [2.75, 3.05) is 0 Å². The Morgan fingerprint density at radius 1 is 1.33 bits per heavy atom. The molecule has 5 heteroatoms. The van der Waals surface area contributed by atoms with E-state index < -0.39 is 5.54 Å². The van der Waals surface area contributed by atoms with Gasteiger partial charge in [-0.25, -0.2) is 0 Å². The minimum absolute atomic E-state index is 0.0366. The van der Waals surface area contributed by atoms with Crippen LogP contribution in [0.2, 0.25) is 10.0 Å². The molecule has 21 heavy (non-hydrogen) atoms. The van der Waals surface area contributed by atoms with Crippen LogP contribution in [0, 0.1) is 0 Å². The van der Waals surface area contributed by atoms with Crippen LogP contribution in [-0.2, 0) is 11.3 Å². The first-order valence-electron chi connectivity index (χ1n) is 7.23. The average molecular weight is 331 g/mol. The molecule has 1 aromatic carbocycles. The first kappa shape index (κ1) is 18.3. The van der Waals surface area contributed by atoms with Crippen molar-refractivity contribution in [1.29, 1.82) is 0 Å². The molecule has 0 spiro atoms. The lowest BCUT2D eigenvalue weighted by Gasteiger charge is -2.34. The Morgan fingerprint density at radius 3 is 2.43 bits per heavy atom. The number of amides is 1. The SMILES string of the molecule is CCCC(C)(N)C(=O)N(Cc1ccc(Cl)c(Cl)c1)C(C)C. The predicted octanol–water partition coefficient (Wildman–Crippen LogP) is 4.25. The van der Waals surface area contributed by atoms with Gasteiger partial charge in [0.1, 0.15) is 0 Å². The van der Waals surface area contributed by atoms with Crippen molar-refractivity contribution in [2.24, 2.45) is 5.73 Å². The van der Waals surface area contributed by atoms with E-state index >= 15 is 0 Å². The molecule has 1 unspecified atom stereocenters. The van der Waals surface area contributed by atoms with E-state index in [2.05, 4.69) is 0 Å². The molecule has 0 saturated heterocycles. The summed E-state index contributed by atoms with van der Waals surface area (Å²) in [6.45, 7) is 8.26. The summed E-state index contributed by atoms with van der Waals surface area (Å²) < 4.78 is 0. The Labute approximate surface area is 137 Å². The fourth-order valence-corrected chi connectivity index (χ4v) is 2.60. The zero-order chi connectivity index (χ0) is 16.2. The summed E-state index contributed by atoms with van der Waals surface area (Å²) in [6, 6.07) is 5.48. The monoisotopic (exact) mass is 330 g/mol. The van der Waals surface area contributed by atoms with Crippen LogP contribution < -0.4 is 5.73 Å². The summed E-state index contributed by atoms with van der Waals surface area (Å²) in [5, 5.41) is 1.01. The third-order valence-electron chi connectivity index (χ3n) is 3.48. The van der Waals surface area contributed by atoms with Crippen molar-refractivity contribution in [3.8, 4) is 0 Å². The highest BCUT2D eigenvalue weighted by Gasteiger charge is 2.33. The Hall–Kier alpha value is -0.770. The second-order valence-electron chi connectivity index (χ2n) is 5.94. The maximum Gasteiger partial charge on any atom is 0.242 e. The van der Waals surface area contributed by atoms with Crippen molar-refractivity contribution >= 4 is 29.1 Å². The van der Waals surface area contributed by atoms with Gasteiger partial charge in [-0.05, 0) is 44.9 Å². The van der Waals surface area contributed by atoms with E-state index in [9.17, 15) is 4.79 Å². The molecule has 0 radical (unpaired) electrons. The van der Waals surface area contributed by atoms with Crippen LogP contribution in [0.3, 0.4) is 0 Å². The Bertz CT molecular complexity index is 501. The molecule has 0 saturated carbocycles. The van der Waals surface area contributed by atoms with Crippen molar-refractivity contribution < 1.29 is 4.79 Å². The average Bonchev–Trinajstić information content (AvgIpc) is 2.38. The number of nitrogens with two attached hydrogens (primary N) is 1. The van der Waals surface area contributed by atoms with E-state index in [1.165, 1.54) is 0 Å². The normalized spacial score (nSPS) is 14.1. The minimum Gasteiger partial charge on any atom is -0.334 e. The summed E-state index contributed by atoms with van der Waals surface area (Å²) in [5.41, 5.74) is 6.28. The van der Waals surface area contributed by atoms with Crippen molar-refractivity contribution in [2.45, 2.75) is 58.7 Å². The summed E-state index contributed by atoms with van der Waals surface area (Å²) in [6.07, 6.45) is 1.54. The number of halogens is 2. The van der Waals surface area contributed by atoms with Gasteiger partial charge in [0.15, 0.2) is 0 Å². The van der Waals surface area contributed by atoms with Crippen LogP contribution in [0.1, 0.15) is 46.1 Å². The summed E-state index contributed by atoms with van der Waals surface area (Å²) in [4.78, 5) is 14.5. The number of carbonyl (C=O) groups excluding carboxylic acids is 1. The van der Waals surface area contributed by atoms with Crippen LogP contribution in [0.4, 0.5) is 0 Å². The summed E-state index contributed by atoms with van der Waals surface area (Å²) >= 11 is 12.0. The van der Waals surface area contributed by atoms with Gasteiger partial charge in [-0.15, -0.1) is 0 Å². The number of nitrogens with zero attached hydrogens (tertiary/aromatic N) is 1. The first-order valence-corrected chi connectivity index (χ1v) is 7.98. The molecule has 0 aliphatic carbocycles. The van der Waals surface area contributed by atoms with Crippen LogP contribution >= 0.6 is 23.2 Å². The number of hydrogen-bond acceptors (Lipinski definition) is 2. The maximum absolute atomic E-state index is 12.7. The number of benzene rings is 1. The van der Waals surface area contributed by atoms with Gasteiger partial charge in [0.25, 0.3) is 0 Å². The van der Waals surface area contributed by atoms with E-state index in [-0.39, 0.29) is 11.9 Å². The zero-order valence-electron chi connectivity index (χ0n) is 13.1. The number of carbonyl (C=O) groups is 1. The molecule has 1 amide bonds. The van der Waals surface area contributed by atoms with E-state index in [0.29, 0.717) is 23.0 Å². The smallest absolute Gasteiger partial charge is 0.242 e. The van der Waals surface area contributed by atoms with Crippen LogP contribution in [0.25, 0.3) is 0 Å². The quantitative estimate of drug-likeness (QED) is 0.847. The highest BCUT2D eigenvalue weighted by atomic mass is 35.5. The Balaban J connectivity index is 2.97. The van der Waals surface area contributed by atoms with Gasteiger partial charge in [-0.2, -0.15) is 0 Å². The molecule has 1 rings (SSSR count). The minimum atomic E-state index is -0.838. The molecule has 1 aromatic rings. The topological polar surface area (TPSA) is 46.3 Å². The van der Waals surface area contributed by atoms with E-state index in [4.69, 9.17) is 28.9 Å². The Kier molecular flexibility index (Phi) is 6.51. The van der Waals surface area contributed by atoms with Gasteiger partial charge in [-0.3, -0.25) is 4.79 Å². The molecule has 0 aliphatic heterocycles. The van der Waals surface area contributed by atoms with Crippen LogP contribution in [0.5, 0.6) is 0 Å². The number of hydrogen-bond donors (Lipinski definition) is 1. The lowest BCUT2D eigenvalue weighted by atomic mass is 9.95. The fourth-order valence-electron chi connectivity index (χ4n) is 2.28. The molecule has 0 fully saturated rings. The molecule has 3 nitrogen and oxygen atoms in total. The number of rotatable bonds is 6. The Morgan fingerprint density at radius 2 is 1.95 bits per heavy atom. The third-order valence-corrected chi connectivity index (χ3v) is 4.22. The van der Waals surface area contributed by atoms with Gasteiger partial charge in [0.2, 0.25) is 5.91 Å². The zero-order valence-corrected chi connectivity index (χ0v) is 14.6. The van der Waals surface area contributed by atoms with Crippen LogP contribution in [0.15, 0.2) is 18.2 Å². The lowest BCUT2D eigenvalue weighted by Crippen LogP contribution is -2.54. The molecule has 118 valence electrons. The predicted molar refractivity (Wildman–Crippen MR) is 89.6 cm³/mol.